The molecule has 0 saturated heterocycles. The molecular formula is C10H21NOS. The standard InChI is InChI=1S/C10H21NOS/c1-5-9(6-2)7(3)11-10(12)8(4)13/h7-9,13H,5-6H2,1-4H3,(H,11,12). The van der Waals surface area contributed by atoms with Gasteiger partial charge in [0.05, 0.1) is 5.25 Å². The molecule has 0 fully saturated rings. The largest absolute Gasteiger partial charge is 0.352 e. The van der Waals surface area contributed by atoms with Crippen LogP contribution in [0, 0.1) is 5.92 Å². The normalized spacial score (nSPS) is 15.5. The molecule has 2 nitrogen and oxygen atoms in total. The molecular weight excluding hydrogens is 182 g/mol. The predicted molar refractivity (Wildman–Crippen MR) is 60.1 cm³/mol. The zero-order valence-electron chi connectivity index (χ0n) is 9.00. The Hall–Kier alpha value is -0.180. The van der Waals surface area contributed by atoms with Crippen LogP contribution in [0.4, 0.5) is 0 Å². The Kier molecular flexibility index (Phi) is 6.21. The monoisotopic (exact) mass is 203 g/mol. The molecule has 2 unspecified atom stereocenters. The van der Waals surface area contributed by atoms with Gasteiger partial charge in [0.2, 0.25) is 5.91 Å². The van der Waals surface area contributed by atoms with E-state index in [1.165, 1.54) is 0 Å². The highest BCUT2D eigenvalue weighted by atomic mass is 32.1. The molecule has 1 amide bonds. The Bertz CT molecular complexity index is 155. The van der Waals surface area contributed by atoms with Crippen LogP contribution in [0.1, 0.15) is 40.5 Å². The maximum Gasteiger partial charge on any atom is 0.232 e. The summed E-state index contributed by atoms with van der Waals surface area (Å²) >= 11 is 4.08. The SMILES string of the molecule is CCC(CC)C(C)NC(=O)C(C)S. The van der Waals surface area contributed by atoms with Crippen molar-refractivity contribution in [1.82, 2.24) is 5.32 Å². The van der Waals surface area contributed by atoms with Gasteiger partial charge in [0.15, 0.2) is 0 Å². The fourth-order valence-electron chi connectivity index (χ4n) is 1.46. The third-order valence-electron chi connectivity index (χ3n) is 2.51. The molecule has 0 aliphatic rings. The van der Waals surface area contributed by atoms with Crippen molar-refractivity contribution in [1.29, 1.82) is 0 Å². The second-order valence-corrected chi connectivity index (χ2v) is 4.32. The van der Waals surface area contributed by atoms with Gasteiger partial charge in [-0.1, -0.05) is 26.7 Å². The van der Waals surface area contributed by atoms with Crippen LogP contribution in [0.2, 0.25) is 0 Å². The van der Waals surface area contributed by atoms with Crippen molar-refractivity contribution in [3.8, 4) is 0 Å². The maximum absolute atomic E-state index is 11.3. The Morgan fingerprint density at radius 3 is 2.08 bits per heavy atom. The molecule has 0 aromatic heterocycles. The molecule has 0 aromatic carbocycles. The molecule has 0 radical (unpaired) electrons. The van der Waals surface area contributed by atoms with Crippen LogP contribution in [0.15, 0.2) is 0 Å². The van der Waals surface area contributed by atoms with Gasteiger partial charge in [-0.05, 0) is 19.8 Å². The summed E-state index contributed by atoms with van der Waals surface area (Å²) in [5, 5.41) is 2.75. The van der Waals surface area contributed by atoms with E-state index in [1.807, 2.05) is 0 Å². The first-order chi connectivity index (χ1) is 6.02. The summed E-state index contributed by atoms with van der Waals surface area (Å²) in [7, 11) is 0. The van der Waals surface area contributed by atoms with Crippen LogP contribution in [0.5, 0.6) is 0 Å². The van der Waals surface area contributed by atoms with Crippen molar-refractivity contribution in [2.24, 2.45) is 5.92 Å². The summed E-state index contributed by atoms with van der Waals surface area (Å²) in [6, 6.07) is 0.261. The number of carbonyl (C=O) groups is 1. The number of carbonyl (C=O) groups excluding carboxylic acids is 1. The van der Waals surface area contributed by atoms with Crippen molar-refractivity contribution in [2.45, 2.75) is 51.8 Å². The topological polar surface area (TPSA) is 29.1 Å². The van der Waals surface area contributed by atoms with E-state index in [9.17, 15) is 4.79 Å². The third kappa shape index (κ3) is 4.55. The highest BCUT2D eigenvalue weighted by molar-refractivity contribution is 7.81. The van der Waals surface area contributed by atoms with Gasteiger partial charge in [0, 0.05) is 6.04 Å². The quantitative estimate of drug-likeness (QED) is 0.659. The highest BCUT2D eigenvalue weighted by Gasteiger charge is 2.17. The molecule has 13 heavy (non-hydrogen) atoms. The van der Waals surface area contributed by atoms with Crippen LogP contribution in [-0.4, -0.2) is 17.2 Å². The van der Waals surface area contributed by atoms with Crippen LogP contribution < -0.4 is 5.32 Å². The third-order valence-corrected chi connectivity index (χ3v) is 2.74. The molecule has 2 atom stereocenters. The van der Waals surface area contributed by atoms with E-state index >= 15 is 0 Å². The van der Waals surface area contributed by atoms with E-state index in [0.29, 0.717) is 5.92 Å². The molecule has 1 N–H and O–H groups in total. The van der Waals surface area contributed by atoms with E-state index in [2.05, 4.69) is 38.7 Å². The molecule has 0 spiro atoms. The number of thiol groups is 1. The lowest BCUT2D eigenvalue weighted by molar-refractivity contribution is -0.121. The number of hydrogen-bond donors (Lipinski definition) is 2. The first-order valence-corrected chi connectivity index (χ1v) is 5.52. The molecule has 0 rings (SSSR count). The molecule has 0 aliphatic carbocycles. The number of nitrogens with one attached hydrogen (secondary N) is 1. The fraction of sp³-hybridized carbons (Fsp3) is 0.900. The molecule has 0 aliphatic heterocycles. The Morgan fingerprint density at radius 2 is 1.77 bits per heavy atom. The molecule has 3 heteroatoms. The zero-order chi connectivity index (χ0) is 10.4. The van der Waals surface area contributed by atoms with Crippen LogP contribution in [0.25, 0.3) is 0 Å². The average molecular weight is 203 g/mol. The first kappa shape index (κ1) is 12.8. The lowest BCUT2D eigenvalue weighted by atomic mass is 9.95. The second kappa shape index (κ2) is 6.30. The van der Waals surface area contributed by atoms with Gasteiger partial charge in [-0.3, -0.25) is 4.79 Å². The number of rotatable bonds is 5. The van der Waals surface area contributed by atoms with E-state index in [4.69, 9.17) is 0 Å². The van der Waals surface area contributed by atoms with Gasteiger partial charge in [-0.15, -0.1) is 0 Å². The van der Waals surface area contributed by atoms with Crippen LogP contribution in [-0.2, 0) is 4.79 Å². The first-order valence-electron chi connectivity index (χ1n) is 5.01. The van der Waals surface area contributed by atoms with E-state index < -0.39 is 0 Å². The van der Waals surface area contributed by atoms with Crippen molar-refractivity contribution in [3.05, 3.63) is 0 Å². The minimum Gasteiger partial charge on any atom is -0.352 e. The highest BCUT2D eigenvalue weighted by Crippen LogP contribution is 2.12. The molecule has 0 bridgehead atoms. The number of hydrogen-bond acceptors (Lipinski definition) is 2. The Balaban J connectivity index is 3.97. The Labute approximate surface area is 86.9 Å². The summed E-state index contributed by atoms with van der Waals surface area (Å²) in [5.74, 6) is 0.610. The summed E-state index contributed by atoms with van der Waals surface area (Å²) in [6.07, 6.45) is 2.22. The van der Waals surface area contributed by atoms with Crippen LogP contribution >= 0.6 is 12.6 Å². The zero-order valence-corrected chi connectivity index (χ0v) is 9.90. The summed E-state index contributed by atoms with van der Waals surface area (Å²) in [4.78, 5) is 11.3. The average Bonchev–Trinajstić information content (AvgIpc) is 2.06. The van der Waals surface area contributed by atoms with Crippen LogP contribution in [0.3, 0.4) is 0 Å². The molecule has 78 valence electrons. The van der Waals surface area contributed by atoms with Crippen molar-refractivity contribution < 1.29 is 4.79 Å². The lowest BCUT2D eigenvalue weighted by Crippen LogP contribution is -2.40. The second-order valence-electron chi connectivity index (χ2n) is 3.55. The molecule has 0 saturated carbocycles. The summed E-state index contributed by atoms with van der Waals surface area (Å²) in [5.41, 5.74) is 0. The summed E-state index contributed by atoms with van der Waals surface area (Å²) < 4.78 is 0. The summed E-state index contributed by atoms with van der Waals surface area (Å²) in [6.45, 7) is 8.16. The van der Waals surface area contributed by atoms with Gasteiger partial charge < -0.3 is 5.32 Å². The van der Waals surface area contributed by atoms with Gasteiger partial charge in [0.25, 0.3) is 0 Å². The molecule has 0 aromatic rings. The smallest absolute Gasteiger partial charge is 0.232 e. The fourth-order valence-corrected chi connectivity index (χ4v) is 1.53. The lowest BCUT2D eigenvalue weighted by Gasteiger charge is -2.23. The molecule has 0 heterocycles. The van der Waals surface area contributed by atoms with Crippen molar-refractivity contribution in [2.75, 3.05) is 0 Å². The Morgan fingerprint density at radius 1 is 1.31 bits per heavy atom. The van der Waals surface area contributed by atoms with Crippen molar-refractivity contribution >= 4 is 18.5 Å². The van der Waals surface area contributed by atoms with E-state index in [0.717, 1.165) is 12.8 Å². The predicted octanol–water partition coefficient (Wildman–Crippen LogP) is 2.25. The minimum atomic E-state index is -0.211. The number of amides is 1. The van der Waals surface area contributed by atoms with Gasteiger partial charge >= 0.3 is 0 Å². The maximum atomic E-state index is 11.3. The van der Waals surface area contributed by atoms with E-state index in [-0.39, 0.29) is 17.2 Å². The van der Waals surface area contributed by atoms with E-state index in [1.54, 1.807) is 6.92 Å². The van der Waals surface area contributed by atoms with Gasteiger partial charge in [-0.2, -0.15) is 12.6 Å². The van der Waals surface area contributed by atoms with Gasteiger partial charge in [0.1, 0.15) is 0 Å². The van der Waals surface area contributed by atoms with Gasteiger partial charge in [-0.25, -0.2) is 0 Å². The van der Waals surface area contributed by atoms with Crippen molar-refractivity contribution in [3.63, 3.8) is 0 Å². The minimum absolute atomic E-state index is 0.0303.